The minimum Gasteiger partial charge on any atom is -0.478 e. The van der Waals surface area contributed by atoms with E-state index in [1.807, 2.05) is 37.0 Å². The number of para-hydroxylation sites is 1. The van der Waals surface area contributed by atoms with Crippen molar-refractivity contribution in [2.75, 3.05) is 24.0 Å². The molecule has 5 heteroatoms. The van der Waals surface area contributed by atoms with Crippen molar-refractivity contribution in [1.82, 2.24) is 0 Å². The number of hydrogen-bond donors (Lipinski definition) is 1. The van der Waals surface area contributed by atoms with Crippen LogP contribution in [0, 0.1) is 0 Å². The van der Waals surface area contributed by atoms with E-state index in [0.717, 1.165) is 29.5 Å². The Kier molecular flexibility index (Phi) is 6.96. The second kappa shape index (κ2) is 8.22. The molecule has 0 radical (unpaired) electrons. The fraction of sp³-hybridized carbons (Fsp3) is 0.400. The smallest absolute Gasteiger partial charge is 0.328 e. The molecule has 0 aliphatic heterocycles. The van der Waals surface area contributed by atoms with Crippen LogP contribution in [0.4, 0.5) is 5.69 Å². The summed E-state index contributed by atoms with van der Waals surface area (Å²) in [5.74, 6) is 0.116. The molecule has 1 atom stereocenters. The van der Waals surface area contributed by atoms with Crippen LogP contribution in [0.5, 0.6) is 0 Å². The van der Waals surface area contributed by atoms with E-state index in [9.17, 15) is 4.79 Å². The summed E-state index contributed by atoms with van der Waals surface area (Å²) < 4.78 is 0. The van der Waals surface area contributed by atoms with Crippen LogP contribution in [0.2, 0.25) is 5.02 Å². The fourth-order valence-corrected chi connectivity index (χ4v) is 2.79. The molecular formula is C15H20ClNO2S. The number of carbonyl (C=O) groups is 1. The van der Waals surface area contributed by atoms with Crippen molar-refractivity contribution in [3.63, 3.8) is 0 Å². The number of carboxylic acids is 1. The lowest BCUT2D eigenvalue weighted by atomic mass is 10.1. The molecule has 20 heavy (non-hydrogen) atoms. The zero-order chi connectivity index (χ0) is 15.1. The highest BCUT2D eigenvalue weighted by molar-refractivity contribution is 7.98. The summed E-state index contributed by atoms with van der Waals surface area (Å²) in [7, 11) is 1.99. The second-order valence-corrected chi connectivity index (χ2v) is 5.98. The van der Waals surface area contributed by atoms with Crippen LogP contribution in [0.25, 0.3) is 6.08 Å². The molecular weight excluding hydrogens is 294 g/mol. The van der Waals surface area contributed by atoms with E-state index < -0.39 is 5.97 Å². The van der Waals surface area contributed by atoms with E-state index in [0.29, 0.717) is 11.1 Å². The molecule has 0 aliphatic carbocycles. The molecule has 3 nitrogen and oxygen atoms in total. The number of rotatable bonds is 7. The van der Waals surface area contributed by atoms with Gasteiger partial charge in [0.05, 0.1) is 10.7 Å². The molecule has 0 bridgehead atoms. The van der Waals surface area contributed by atoms with Gasteiger partial charge >= 0.3 is 5.97 Å². The summed E-state index contributed by atoms with van der Waals surface area (Å²) in [5, 5.41) is 9.40. The summed E-state index contributed by atoms with van der Waals surface area (Å²) in [5.41, 5.74) is 1.69. The highest BCUT2D eigenvalue weighted by atomic mass is 35.5. The van der Waals surface area contributed by atoms with Crippen molar-refractivity contribution < 1.29 is 9.90 Å². The average molecular weight is 314 g/mol. The predicted octanol–water partition coefficient (Wildman–Crippen LogP) is 4.02. The maximum absolute atomic E-state index is 10.7. The monoisotopic (exact) mass is 313 g/mol. The molecule has 0 saturated heterocycles. The van der Waals surface area contributed by atoms with Crippen LogP contribution in [0.3, 0.4) is 0 Å². The average Bonchev–Trinajstić information content (AvgIpc) is 2.41. The van der Waals surface area contributed by atoms with Crippen molar-refractivity contribution in [3.8, 4) is 0 Å². The lowest BCUT2D eigenvalue weighted by molar-refractivity contribution is -0.131. The lowest BCUT2D eigenvalue weighted by Crippen LogP contribution is -2.30. The van der Waals surface area contributed by atoms with Crippen molar-refractivity contribution in [3.05, 3.63) is 34.9 Å². The Balaban J connectivity index is 3.05. The SMILES string of the molecule is CSCCC(C)N(C)c1c(Cl)cccc1/C=C/C(=O)O. The van der Waals surface area contributed by atoms with Gasteiger partial charge in [-0.3, -0.25) is 0 Å². The van der Waals surface area contributed by atoms with Crippen LogP contribution in [-0.4, -0.2) is 36.2 Å². The van der Waals surface area contributed by atoms with Crippen molar-refractivity contribution in [2.24, 2.45) is 0 Å². The van der Waals surface area contributed by atoms with E-state index in [1.54, 1.807) is 6.08 Å². The first-order valence-electron chi connectivity index (χ1n) is 6.38. The Hall–Kier alpha value is -1.13. The van der Waals surface area contributed by atoms with Crippen molar-refractivity contribution >= 4 is 41.1 Å². The normalized spacial score (nSPS) is 12.6. The van der Waals surface area contributed by atoms with E-state index in [4.69, 9.17) is 16.7 Å². The lowest BCUT2D eigenvalue weighted by Gasteiger charge is -2.29. The number of benzene rings is 1. The van der Waals surface area contributed by atoms with Gasteiger partial charge < -0.3 is 10.0 Å². The third kappa shape index (κ3) is 4.76. The van der Waals surface area contributed by atoms with Gasteiger partial charge in [0, 0.05) is 19.2 Å². The van der Waals surface area contributed by atoms with E-state index in [2.05, 4.69) is 18.1 Å². The zero-order valence-electron chi connectivity index (χ0n) is 12.0. The molecule has 110 valence electrons. The number of hydrogen-bond acceptors (Lipinski definition) is 3. The summed E-state index contributed by atoms with van der Waals surface area (Å²) in [4.78, 5) is 12.8. The summed E-state index contributed by atoms with van der Waals surface area (Å²) in [6.45, 7) is 2.14. The number of aliphatic carboxylic acids is 1. The Morgan fingerprint density at radius 1 is 1.55 bits per heavy atom. The van der Waals surface area contributed by atoms with Crippen LogP contribution >= 0.6 is 23.4 Å². The molecule has 1 rings (SSSR count). The zero-order valence-corrected chi connectivity index (χ0v) is 13.5. The number of thioether (sulfide) groups is 1. The van der Waals surface area contributed by atoms with E-state index >= 15 is 0 Å². The molecule has 0 fully saturated rings. The van der Waals surface area contributed by atoms with Gasteiger partial charge in [-0.25, -0.2) is 4.79 Å². The molecule has 1 unspecified atom stereocenters. The number of nitrogens with zero attached hydrogens (tertiary/aromatic N) is 1. The molecule has 1 aromatic rings. The van der Waals surface area contributed by atoms with Gasteiger partial charge in [0.1, 0.15) is 0 Å². The molecule has 0 spiro atoms. The molecule has 0 amide bonds. The molecule has 0 aromatic heterocycles. The first kappa shape index (κ1) is 16.9. The highest BCUT2D eigenvalue weighted by Gasteiger charge is 2.15. The molecule has 1 aromatic carbocycles. The van der Waals surface area contributed by atoms with Gasteiger partial charge in [0.25, 0.3) is 0 Å². The van der Waals surface area contributed by atoms with Crippen molar-refractivity contribution in [1.29, 1.82) is 0 Å². The van der Waals surface area contributed by atoms with Gasteiger partial charge in [0.2, 0.25) is 0 Å². The van der Waals surface area contributed by atoms with Gasteiger partial charge in [-0.2, -0.15) is 11.8 Å². The van der Waals surface area contributed by atoms with E-state index in [1.165, 1.54) is 0 Å². The minimum absolute atomic E-state index is 0.333. The summed E-state index contributed by atoms with van der Waals surface area (Å²) >= 11 is 8.10. The molecule has 1 N–H and O–H groups in total. The predicted molar refractivity (Wildman–Crippen MR) is 89.0 cm³/mol. The summed E-state index contributed by atoms with van der Waals surface area (Å²) in [6.07, 6.45) is 5.85. The Bertz CT molecular complexity index is 491. The van der Waals surface area contributed by atoms with Crippen LogP contribution in [0.15, 0.2) is 24.3 Å². The quantitative estimate of drug-likeness (QED) is 0.772. The third-order valence-corrected chi connectivity index (χ3v) is 4.13. The number of carboxylic acid groups (broad SMARTS) is 1. The van der Waals surface area contributed by atoms with Gasteiger partial charge in [0.15, 0.2) is 0 Å². The highest BCUT2D eigenvalue weighted by Crippen LogP contribution is 2.32. The molecule has 0 saturated carbocycles. The van der Waals surface area contributed by atoms with Crippen LogP contribution in [-0.2, 0) is 4.79 Å². The van der Waals surface area contributed by atoms with Crippen LogP contribution < -0.4 is 4.90 Å². The minimum atomic E-state index is -0.964. The molecule has 0 aliphatic rings. The van der Waals surface area contributed by atoms with Crippen molar-refractivity contribution in [2.45, 2.75) is 19.4 Å². The first-order chi connectivity index (χ1) is 9.47. The fourth-order valence-electron chi connectivity index (χ4n) is 1.90. The second-order valence-electron chi connectivity index (χ2n) is 4.59. The summed E-state index contributed by atoms with van der Waals surface area (Å²) in [6, 6.07) is 5.86. The van der Waals surface area contributed by atoms with Gasteiger partial charge in [-0.15, -0.1) is 0 Å². The molecule has 0 heterocycles. The van der Waals surface area contributed by atoms with Gasteiger partial charge in [-0.1, -0.05) is 23.7 Å². The van der Waals surface area contributed by atoms with Crippen LogP contribution in [0.1, 0.15) is 18.9 Å². The first-order valence-corrected chi connectivity index (χ1v) is 8.15. The maximum atomic E-state index is 10.7. The Morgan fingerprint density at radius 3 is 2.85 bits per heavy atom. The topological polar surface area (TPSA) is 40.5 Å². The number of anilines is 1. The largest absolute Gasteiger partial charge is 0.478 e. The van der Waals surface area contributed by atoms with Gasteiger partial charge in [-0.05, 0) is 43.1 Å². The number of halogens is 1. The third-order valence-electron chi connectivity index (χ3n) is 3.18. The standard InChI is InChI=1S/C15H20ClNO2S/c1-11(9-10-20-3)17(2)15-12(7-8-14(18)19)5-4-6-13(15)16/h4-8,11H,9-10H2,1-3H3,(H,18,19)/b8-7+. The Labute approximate surface area is 129 Å². The maximum Gasteiger partial charge on any atom is 0.328 e. The Morgan fingerprint density at radius 2 is 2.25 bits per heavy atom. The van der Waals surface area contributed by atoms with E-state index in [-0.39, 0.29) is 0 Å².